The maximum Gasteiger partial charge on any atom is 0.410 e. The van der Waals surface area contributed by atoms with Crippen molar-refractivity contribution in [3.05, 3.63) is 28.3 Å². The fourth-order valence-electron chi connectivity index (χ4n) is 2.87. The van der Waals surface area contributed by atoms with Gasteiger partial charge in [-0.25, -0.2) is 9.78 Å². The summed E-state index contributed by atoms with van der Waals surface area (Å²) in [6, 6.07) is 4.80. The zero-order valence-corrected chi connectivity index (χ0v) is 16.1. The fourth-order valence-corrected chi connectivity index (χ4v) is 3.95. The quantitative estimate of drug-likeness (QED) is 0.585. The monoisotopic (exact) mass is 378 g/mol. The van der Waals surface area contributed by atoms with Crippen molar-refractivity contribution in [3.63, 3.8) is 0 Å². The van der Waals surface area contributed by atoms with Crippen LogP contribution in [0, 0.1) is 10.1 Å². The summed E-state index contributed by atoms with van der Waals surface area (Å²) in [5.74, 6) is 0. The Morgan fingerprint density at radius 1 is 1.38 bits per heavy atom. The summed E-state index contributed by atoms with van der Waals surface area (Å²) in [4.78, 5) is 31.2. The summed E-state index contributed by atoms with van der Waals surface area (Å²) < 4.78 is 6.35. The van der Waals surface area contributed by atoms with Crippen molar-refractivity contribution in [1.82, 2.24) is 9.88 Å². The summed E-state index contributed by atoms with van der Waals surface area (Å²) in [7, 11) is 0. The van der Waals surface area contributed by atoms with Gasteiger partial charge >= 0.3 is 6.09 Å². The molecule has 1 aliphatic rings. The normalized spacial score (nSPS) is 18.2. The number of hydrogen-bond acceptors (Lipinski definition) is 7. The Hall–Kier alpha value is -2.42. The molecule has 1 atom stereocenters. The molecule has 0 radical (unpaired) electrons. The second-order valence-electron chi connectivity index (χ2n) is 7.37. The highest BCUT2D eigenvalue weighted by Gasteiger charge is 2.31. The maximum absolute atomic E-state index is 12.3. The Kier molecular flexibility index (Phi) is 4.74. The number of thiazole rings is 1. The molecule has 26 heavy (non-hydrogen) atoms. The third-order valence-electron chi connectivity index (χ3n) is 4.10. The van der Waals surface area contributed by atoms with Crippen LogP contribution in [0.1, 0.15) is 27.7 Å². The summed E-state index contributed by atoms with van der Waals surface area (Å²) in [6.45, 7) is 9.33. The van der Waals surface area contributed by atoms with Crippen LogP contribution in [0.4, 0.5) is 15.6 Å². The van der Waals surface area contributed by atoms with E-state index in [1.165, 1.54) is 23.5 Å². The molecule has 1 fully saturated rings. The van der Waals surface area contributed by atoms with E-state index < -0.39 is 10.5 Å². The maximum atomic E-state index is 12.3. The van der Waals surface area contributed by atoms with E-state index in [0.717, 1.165) is 9.83 Å². The third-order valence-corrected chi connectivity index (χ3v) is 5.17. The zero-order chi connectivity index (χ0) is 19.1. The van der Waals surface area contributed by atoms with Crippen LogP contribution in [-0.4, -0.2) is 52.2 Å². The van der Waals surface area contributed by atoms with E-state index in [4.69, 9.17) is 4.74 Å². The number of amides is 1. The summed E-state index contributed by atoms with van der Waals surface area (Å²) in [5, 5.41) is 11.7. The summed E-state index contributed by atoms with van der Waals surface area (Å²) in [5.41, 5.74) is 0.150. The number of piperazine rings is 1. The van der Waals surface area contributed by atoms with Crippen LogP contribution in [0.15, 0.2) is 18.2 Å². The van der Waals surface area contributed by atoms with Crippen molar-refractivity contribution < 1.29 is 14.5 Å². The number of anilines is 1. The molecule has 1 aromatic heterocycles. The van der Waals surface area contributed by atoms with Crippen LogP contribution < -0.4 is 4.90 Å². The predicted molar refractivity (Wildman–Crippen MR) is 101 cm³/mol. The van der Waals surface area contributed by atoms with Crippen molar-refractivity contribution in [2.75, 3.05) is 24.5 Å². The van der Waals surface area contributed by atoms with Gasteiger partial charge in [-0.2, -0.15) is 0 Å². The van der Waals surface area contributed by atoms with Crippen molar-refractivity contribution in [3.8, 4) is 0 Å². The van der Waals surface area contributed by atoms with Gasteiger partial charge in [0.1, 0.15) is 5.60 Å². The molecule has 9 heteroatoms. The van der Waals surface area contributed by atoms with Crippen molar-refractivity contribution >= 4 is 38.5 Å². The van der Waals surface area contributed by atoms with Gasteiger partial charge in [0.05, 0.1) is 15.1 Å². The second kappa shape index (κ2) is 6.71. The van der Waals surface area contributed by atoms with Crippen LogP contribution in [0.2, 0.25) is 0 Å². The number of carbonyl (C=O) groups excluding carboxylic acids is 1. The number of fused-ring (bicyclic) bond motifs is 1. The molecule has 3 rings (SSSR count). The predicted octanol–water partition coefficient (Wildman–Crippen LogP) is 3.65. The highest BCUT2D eigenvalue weighted by molar-refractivity contribution is 7.22. The molecule has 0 aliphatic carbocycles. The van der Waals surface area contributed by atoms with Crippen LogP contribution in [0.5, 0.6) is 0 Å². The van der Waals surface area contributed by atoms with E-state index in [1.807, 2.05) is 27.7 Å². The summed E-state index contributed by atoms with van der Waals surface area (Å²) >= 11 is 1.51. The smallest absolute Gasteiger partial charge is 0.410 e. The highest BCUT2D eigenvalue weighted by Crippen LogP contribution is 2.33. The molecule has 8 nitrogen and oxygen atoms in total. The van der Waals surface area contributed by atoms with Crippen LogP contribution in [-0.2, 0) is 4.74 Å². The average Bonchev–Trinajstić information content (AvgIpc) is 2.95. The van der Waals surface area contributed by atoms with Gasteiger partial charge in [0.15, 0.2) is 5.13 Å². The molecule has 0 saturated carbocycles. The molecule has 1 aliphatic heterocycles. The first kappa shape index (κ1) is 18.4. The fraction of sp³-hybridized carbons (Fsp3) is 0.529. The van der Waals surface area contributed by atoms with Crippen molar-refractivity contribution in [2.45, 2.75) is 39.3 Å². The zero-order valence-electron chi connectivity index (χ0n) is 15.3. The van der Waals surface area contributed by atoms with E-state index in [2.05, 4.69) is 9.88 Å². The van der Waals surface area contributed by atoms with Gasteiger partial charge in [-0.3, -0.25) is 10.1 Å². The minimum absolute atomic E-state index is 0.0390. The van der Waals surface area contributed by atoms with Gasteiger partial charge < -0.3 is 14.5 Å². The molecule has 1 amide bonds. The molecule has 0 bridgehead atoms. The average molecular weight is 378 g/mol. The Balaban J connectivity index is 1.74. The Bertz CT molecular complexity index is 845. The Labute approximate surface area is 155 Å². The molecule has 2 aromatic rings. The molecule has 0 N–H and O–H groups in total. The lowest BCUT2D eigenvalue weighted by Gasteiger charge is -2.40. The largest absolute Gasteiger partial charge is 0.444 e. The molecular formula is C17H22N4O4S. The number of nitro groups is 1. The first-order chi connectivity index (χ1) is 12.1. The van der Waals surface area contributed by atoms with Crippen LogP contribution >= 0.6 is 11.3 Å². The van der Waals surface area contributed by atoms with Gasteiger partial charge in [0.25, 0.3) is 5.69 Å². The number of nitrogens with zero attached hydrogens (tertiary/aromatic N) is 4. The SMILES string of the molecule is C[C@H]1CN(C(=O)OC(C)(C)C)CCN1c1nc2cc([N+](=O)[O-])ccc2s1. The third kappa shape index (κ3) is 3.87. The van der Waals surface area contributed by atoms with Gasteiger partial charge in [-0.05, 0) is 33.8 Å². The number of nitro benzene ring substituents is 1. The number of rotatable bonds is 2. The topological polar surface area (TPSA) is 88.8 Å². The van der Waals surface area contributed by atoms with Crippen molar-refractivity contribution in [2.24, 2.45) is 0 Å². The minimum atomic E-state index is -0.515. The lowest BCUT2D eigenvalue weighted by Crippen LogP contribution is -2.54. The summed E-state index contributed by atoms with van der Waals surface area (Å²) in [6.07, 6.45) is -0.302. The Morgan fingerprint density at radius 3 is 2.73 bits per heavy atom. The van der Waals surface area contributed by atoms with E-state index in [0.29, 0.717) is 25.2 Å². The van der Waals surface area contributed by atoms with E-state index >= 15 is 0 Å². The van der Waals surface area contributed by atoms with Gasteiger partial charge in [0, 0.05) is 37.8 Å². The number of non-ortho nitro benzene ring substituents is 1. The Morgan fingerprint density at radius 2 is 2.12 bits per heavy atom. The molecule has 2 heterocycles. The molecule has 0 unspecified atom stereocenters. The van der Waals surface area contributed by atoms with Crippen LogP contribution in [0.25, 0.3) is 10.2 Å². The minimum Gasteiger partial charge on any atom is -0.444 e. The number of hydrogen-bond donors (Lipinski definition) is 0. The number of aromatic nitrogens is 1. The first-order valence-corrected chi connectivity index (χ1v) is 9.25. The molecule has 0 spiro atoms. The molecule has 1 aromatic carbocycles. The molecule has 1 saturated heterocycles. The van der Waals surface area contributed by atoms with Gasteiger partial charge in [-0.15, -0.1) is 0 Å². The lowest BCUT2D eigenvalue weighted by molar-refractivity contribution is -0.384. The first-order valence-electron chi connectivity index (χ1n) is 8.43. The van der Waals surface area contributed by atoms with E-state index in [9.17, 15) is 14.9 Å². The second-order valence-corrected chi connectivity index (χ2v) is 8.38. The molecular weight excluding hydrogens is 356 g/mol. The van der Waals surface area contributed by atoms with Crippen LogP contribution in [0.3, 0.4) is 0 Å². The van der Waals surface area contributed by atoms with Crippen molar-refractivity contribution in [1.29, 1.82) is 0 Å². The number of ether oxygens (including phenoxy) is 1. The molecule has 140 valence electrons. The number of benzene rings is 1. The lowest BCUT2D eigenvalue weighted by atomic mass is 10.2. The van der Waals surface area contributed by atoms with Gasteiger partial charge in [0.2, 0.25) is 0 Å². The number of carbonyl (C=O) groups is 1. The van der Waals surface area contributed by atoms with E-state index in [-0.39, 0.29) is 17.8 Å². The standard InChI is InChI=1S/C17H22N4O4S/c1-11-10-19(16(22)25-17(2,3)4)7-8-20(11)15-18-13-9-12(21(23)24)5-6-14(13)26-15/h5-6,9,11H,7-8,10H2,1-4H3/t11-/m0/s1. The van der Waals surface area contributed by atoms with Gasteiger partial charge in [-0.1, -0.05) is 11.3 Å². The highest BCUT2D eigenvalue weighted by atomic mass is 32.1. The van der Waals surface area contributed by atoms with E-state index in [1.54, 1.807) is 11.0 Å².